The Balaban J connectivity index is 1.98. The van der Waals surface area contributed by atoms with Crippen LogP contribution in [0.1, 0.15) is 27.7 Å². The average molecular weight is 489 g/mol. The molecule has 10 heteroatoms. The topological polar surface area (TPSA) is 92.6 Å². The quantitative estimate of drug-likeness (QED) is 0.491. The molecule has 0 spiro atoms. The number of halogens is 2. The highest BCUT2D eigenvalue weighted by Crippen LogP contribution is 2.26. The van der Waals surface area contributed by atoms with Crippen molar-refractivity contribution in [1.29, 1.82) is 0 Å². The lowest BCUT2D eigenvalue weighted by Crippen LogP contribution is -2.42. The first-order valence-corrected chi connectivity index (χ1v) is 14.0. The highest BCUT2D eigenvalue weighted by Gasteiger charge is 2.32. The number of hydrogen-bond donors (Lipinski definition) is 1. The van der Waals surface area contributed by atoms with Gasteiger partial charge in [-0.1, -0.05) is 31.8 Å². The molecule has 34 heavy (non-hydrogen) atoms. The van der Waals surface area contributed by atoms with E-state index in [0.717, 1.165) is 11.0 Å². The predicted octanol–water partition coefficient (Wildman–Crippen LogP) is 3.43. The summed E-state index contributed by atoms with van der Waals surface area (Å²) < 4.78 is 39.5. The summed E-state index contributed by atoms with van der Waals surface area (Å²) in [5.41, 5.74) is 0.0197. The van der Waals surface area contributed by atoms with E-state index in [-0.39, 0.29) is 22.9 Å². The molecule has 0 aliphatic rings. The third-order valence-electron chi connectivity index (χ3n) is 5.41. The van der Waals surface area contributed by atoms with E-state index in [2.05, 4.69) is 0 Å². The molecule has 1 heterocycles. The van der Waals surface area contributed by atoms with Crippen LogP contribution in [-0.4, -0.2) is 44.0 Å². The number of aromatic amines is 1. The van der Waals surface area contributed by atoms with Crippen LogP contribution in [0.5, 0.6) is 5.75 Å². The second-order valence-electron chi connectivity index (χ2n) is 9.00. The zero-order valence-electron chi connectivity index (χ0n) is 19.6. The zero-order valence-corrected chi connectivity index (χ0v) is 20.6. The van der Waals surface area contributed by atoms with Crippen LogP contribution < -0.4 is 15.5 Å². The average Bonchev–Trinajstić information content (AvgIpc) is 3.18. The number of Topliss-reactive ketones (excluding diaryl/α,β-unsaturated/α-hetero) is 1. The molecule has 1 amide bonds. The second kappa shape index (κ2) is 9.76. The molecular formula is C24H26F2N2O5Si. The number of carbonyl (C=O) groups excluding carboxylic acids is 2. The molecule has 1 aromatic heterocycles. The van der Waals surface area contributed by atoms with Gasteiger partial charge in [-0.2, -0.15) is 5.16 Å². The minimum Gasteiger partial charge on any atom is -0.497 e. The summed E-state index contributed by atoms with van der Waals surface area (Å²) in [6, 6.07) is 8.72. The fraction of sp³-hybridized carbons (Fsp3) is 0.292. The monoisotopic (exact) mass is 488 g/mol. The van der Waals surface area contributed by atoms with E-state index in [1.165, 1.54) is 26.3 Å². The van der Waals surface area contributed by atoms with Gasteiger partial charge in [0.2, 0.25) is 5.76 Å². The molecular weight excluding hydrogens is 462 g/mol. The summed E-state index contributed by atoms with van der Waals surface area (Å²) in [5, 5.41) is 2.11. The van der Waals surface area contributed by atoms with Crippen LogP contribution in [-0.2, 0) is 11.2 Å². The van der Waals surface area contributed by atoms with Gasteiger partial charge < -0.3 is 14.2 Å². The van der Waals surface area contributed by atoms with E-state index in [0.29, 0.717) is 11.3 Å². The maximum atomic E-state index is 14.7. The first kappa shape index (κ1) is 25.1. The fourth-order valence-corrected chi connectivity index (χ4v) is 5.41. The Morgan fingerprint density at radius 2 is 1.68 bits per heavy atom. The Bertz CT molecular complexity index is 1240. The fourth-order valence-electron chi connectivity index (χ4n) is 3.83. The van der Waals surface area contributed by atoms with Crippen LogP contribution in [0.25, 0.3) is 0 Å². The lowest BCUT2D eigenvalue weighted by Gasteiger charge is -2.27. The third-order valence-corrected chi connectivity index (χ3v) is 7.39. The van der Waals surface area contributed by atoms with Crippen molar-refractivity contribution in [3.8, 4) is 5.75 Å². The lowest BCUT2D eigenvalue weighted by atomic mass is 9.96. The van der Waals surface area contributed by atoms with Crippen molar-refractivity contribution in [1.82, 2.24) is 10.1 Å². The van der Waals surface area contributed by atoms with Gasteiger partial charge in [-0.3, -0.25) is 14.4 Å². The standard InChI is InChI=1S/C24H26F2N2O5Si/c1-28(24(31)20-13-21(30)27-33-20)22(15-6-8-16(32-2)9-7-15)19(29)12-14-10-17(25)23(18(26)11-14)34(3,4)5/h6-11,13,22H,12H2,1-5H3,(H,27,30). The molecule has 3 aromatic rings. The maximum Gasteiger partial charge on any atom is 0.293 e. The number of H-pyrrole nitrogens is 1. The van der Waals surface area contributed by atoms with Crippen molar-refractivity contribution >= 4 is 25.0 Å². The number of carbonyl (C=O) groups is 2. The Hall–Kier alpha value is -3.53. The predicted molar refractivity (Wildman–Crippen MR) is 125 cm³/mol. The largest absolute Gasteiger partial charge is 0.497 e. The SMILES string of the molecule is COc1ccc(C(C(=O)Cc2cc(F)c([Si](C)(C)C)c(F)c2)N(C)C(=O)c2cc(=O)[nH]o2)cc1. The highest BCUT2D eigenvalue weighted by molar-refractivity contribution is 6.88. The zero-order chi connectivity index (χ0) is 25.2. The Kier molecular flexibility index (Phi) is 7.20. The number of ether oxygens (including phenoxy) is 1. The van der Waals surface area contributed by atoms with Gasteiger partial charge in [0.25, 0.3) is 11.5 Å². The van der Waals surface area contributed by atoms with Gasteiger partial charge in [0.15, 0.2) is 5.78 Å². The lowest BCUT2D eigenvalue weighted by molar-refractivity contribution is -0.122. The number of amides is 1. The number of aromatic nitrogens is 1. The summed E-state index contributed by atoms with van der Waals surface area (Å²) in [4.78, 5) is 38.8. The van der Waals surface area contributed by atoms with Crippen LogP contribution in [0.15, 0.2) is 51.8 Å². The number of rotatable bonds is 8. The molecule has 1 N–H and O–H groups in total. The van der Waals surface area contributed by atoms with Gasteiger partial charge in [0.1, 0.15) is 23.4 Å². The van der Waals surface area contributed by atoms with Gasteiger partial charge >= 0.3 is 0 Å². The first-order chi connectivity index (χ1) is 15.9. The van der Waals surface area contributed by atoms with E-state index in [1.807, 2.05) is 24.8 Å². The van der Waals surface area contributed by atoms with Crippen LogP contribution in [0, 0.1) is 11.6 Å². The Morgan fingerprint density at radius 1 is 1.09 bits per heavy atom. The van der Waals surface area contributed by atoms with E-state index < -0.39 is 43.0 Å². The van der Waals surface area contributed by atoms with E-state index in [4.69, 9.17) is 9.26 Å². The molecule has 180 valence electrons. The molecule has 3 rings (SSSR count). The number of nitrogens with one attached hydrogen (secondary N) is 1. The van der Waals surface area contributed by atoms with Gasteiger partial charge in [0.05, 0.1) is 21.3 Å². The van der Waals surface area contributed by atoms with Gasteiger partial charge in [-0.05, 0) is 35.4 Å². The van der Waals surface area contributed by atoms with Crippen LogP contribution in [0.3, 0.4) is 0 Å². The van der Waals surface area contributed by atoms with Gasteiger partial charge in [-0.15, -0.1) is 0 Å². The molecule has 1 atom stereocenters. The van der Waals surface area contributed by atoms with Crippen molar-refractivity contribution in [2.75, 3.05) is 14.2 Å². The minimum atomic E-state index is -2.28. The molecule has 1 unspecified atom stereocenters. The highest BCUT2D eigenvalue weighted by atomic mass is 28.3. The molecule has 0 fully saturated rings. The molecule has 0 bridgehead atoms. The smallest absolute Gasteiger partial charge is 0.293 e. The number of methoxy groups -OCH3 is 1. The summed E-state index contributed by atoms with van der Waals surface area (Å²) >= 11 is 0. The number of benzene rings is 2. The van der Waals surface area contributed by atoms with Crippen LogP contribution >= 0.6 is 0 Å². The molecule has 0 saturated heterocycles. The molecule has 0 saturated carbocycles. The summed E-state index contributed by atoms with van der Waals surface area (Å²) in [5.74, 6) is -2.26. The van der Waals surface area contributed by atoms with Crippen molar-refractivity contribution in [3.05, 3.63) is 81.3 Å². The van der Waals surface area contributed by atoms with Crippen molar-refractivity contribution in [2.45, 2.75) is 32.1 Å². The summed E-state index contributed by atoms with van der Waals surface area (Å²) in [7, 11) is 0.605. The molecule has 0 aliphatic heterocycles. The number of hydrogen-bond acceptors (Lipinski definition) is 5. The number of likely N-dealkylation sites (N-methyl/N-ethyl adjacent to an activating group) is 1. The minimum absolute atomic E-state index is 0.0742. The molecule has 0 radical (unpaired) electrons. The van der Waals surface area contributed by atoms with Gasteiger partial charge in [0, 0.05) is 18.7 Å². The summed E-state index contributed by atoms with van der Waals surface area (Å²) in [6.07, 6.45) is -0.314. The van der Waals surface area contributed by atoms with Crippen molar-refractivity contribution in [3.63, 3.8) is 0 Å². The molecule has 2 aromatic carbocycles. The van der Waals surface area contributed by atoms with Crippen molar-refractivity contribution < 1.29 is 27.6 Å². The second-order valence-corrected chi connectivity index (χ2v) is 14.0. The Labute approximate surface area is 196 Å². The van der Waals surface area contributed by atoms with E-state index in [9.17, 15) is 23.2 Å². The number of ketones is 1. The molecule has 0 aliphatic carbocycles. The van der Waals surface area contributed by atoms with Crippen molar-refractivity contribution in [2.24, 2.45) is 0 Å². The van der Waals surface area contributed by atoms with Crippen LogP contribution in [0.4, 0.5) is 8.78 Å². The van der Waals surface area contributed by atoms with Gasteiger partial charge in [-0.25, -0.2) is 8.78 Å². The third kappa shape index (κ3) is 5.33. The maximum absolute atomic E-state index is 14.7. The van der Waals surface area contributed by atoms with Crippen LogP contribution in [0.2, 0.25) is 19.6 Å². The Morgan fingerprint density at radius 3 is 2.15 bits per heavy atom. The summed E-state index contributed by atoms with van der Waals surface area (Å²) in [6.45, 7) is 5.50. The molecule has 7 nitrogen and oxygen atoms in total. The van der Waals surface area contributed by atoms with E-state index >= 15 is 0 Å². The van der Waals surface area contributed by atoms with E-state index in [1.54, 1.807) is 24.3 Å². The number of nitrogens with zero attached hydrogens (tertiary/aromatic N) is 1. The first-order valence-electron chi connectivity index (χ1n) is 10.5. The normalized spacial score (nSPS) is 12.3.